The molecule has 8 heteroatoms. The Morgan fingerprint density at radius 3 is 2.45 bits per heavy atom. The van der Waals surface area contributed by atoms with E-state index in [-0.39, 0.29) is 18.4 Å². The van der Waals surface area contributed by atoms with Crippen molar-refractivity contribution in [3.63, 3.8) is 0 Å². The molecule has 2 amide bonds. The summed E-state index contributed by atoms with van der Waals surface area (Å²) in [7, 11) is 0. The average Bonchev–Trinajstić information content (AvgIpc) is 3.15. The van der Waals surface area contributed by atoms with Crippen molar-refractivity contribution < 1.29 is 14.3 Å². The van der Waals surface area contributed by atoms with Gasteiger partial charge in [0.2, 0.25) is 5.91 Å². The highest BCUT2D eigenvalue weighted by Crippen LogP contribution is 2.22. The second kappa shape index (κ2) is 10.0. The van der Waals surface area contributed by atoms with E-state index in [1.54, 1.807) is 6.92 Å². The van der Waals surface area contributed by atoms with Gasteiger partial charge in [0.05, 0.1) is 17.6 Å². The first-order chi connectivity index (χ1) is 15.9. The summed E-state index contributed by atoms with van der Waals surface area (Å²) in [5.41, 5.74) is 3.74. The maximum Gasteiger partial charge on any atom is 0.262 e. The maximum atomic E-state index is 12.4. The lowest BCUT2D eigenvalue weighted by atomic mass is 10.2. The number of amides is 2. The zero-order chi connectivity index (χ0) is 23.4. The number of imidazole rings is 1. The Balaban J connectivity index is 1.40. The quantitative estimate of drug-likeness (QED) is 0.600. The number of aromatic nitrogens is 2. The standard InChI is InChI=1S/C25H31N5O3/c1-4-30-23-10-7-20(26-25(32)17-33-21-8-5-18(2)6-9-21)15-22(23)27-24(30)16-28-11-13-29(14-12-28)19(3)31/h5-10,15H,4,11-14,16-17H2,1-3H3,(H,26,32). The number of rotatable bonds is 7. The Labute approximate surface area is 194 Å². The number of ether oxygens (including phenoxy) is 1. The first kappa shape index (κ1) is 22.8. The predicted molar refractivity (Wildman–Crippen MR) is 128 cm³/mol. The van der Waals surface area contributed by atoms with Crippen LogP contribution >= 0.6 is 0 Å². The van der Waals surface area contributed by atoms with Gasteiger partial charge in [-0.1, -0.05) is 17.7 Å². The molecule has 33 heavy (non-hydrogen) atoms. The number of benzene rings is 2. The number of carbonyl (C=O) groups excluding carboxylic acids is 2. The lowest BCUT2D eigenvalue weighted by Crippen LogP contribution is -2.47. The molecule has 2 heterocycles. The van der Waals surface area contributed by atoms with Gasteiger partial charge in [-0.25, -0.2) is 4.98 Å². The van der Waals surface area contributed by atoms with Gasteiger partial charge in [0.15, 0.2) is 6.61 Å². The Hall–Kier alpha value is -3.39. The molecule has 0 unspecified atom stereocenters. The van der Waals surface area contributed by atoms with Gasteiger partial charge in [0.25, 0.3) is 5.91 Å². The van der Waals surface area contributed by atoms with Crippen LogP contribution < -0.4 is 10.1 Å². The van der Waals surface area contributed by atoms with Crippen LogP contribution in [0.5, 0.6) is 5.75 Å². The van der Waals surface area contributed by atoms with Gasteiger partial charge in [0.1, 0.15) is 11.6 Å². The third-order valence-electron chi connectivity index (χ3n) is 6.00. The number of nitrogens with one attached hydrogen (secondary N) is 1. The number of nitrogens with zero attached hydrogens (tertiary/aromatic N) is 4. The van der Waals surface area contributed by atoms with Crippen LogP contribution in [0.2, 0.25) is 0 Å². The molecule has 1 fully saturated rings. The SMILES string of the molecule is CCn1c(CN2CCN(C(C)=O)CC2)nc2cc(NC(=O)COc3ccc(C)cc3)ccc21. The third kappa shape index (κ3) is 5.51. The van der Waals surface area contributed by atoms with E-state index in [4.69, 9.17) is 9.72 Å². The summed E-state index contributed by atoms with van der Waals surface area (Å²) >= 11 is 0. The molecule has 0 atom stereocenters. The molecule has 0 saturated carbocycles. The second-order valence-electron chi connectivity index (χ2n) is 8.41. The summed E-state index contributed by atoms with van der Waals surface area (Å²) in [4.78, 5) is 33.0. The molecule has 1 aliphatic heterocycles. The lowest BCUT2D eigenvalue weighted by Gasteiger charge is -2.33. The van der Waals surface area contributed by atoms with E-state index in [0.29, 0.717) is 11.4 Å². The van der Waals surface area contributed by atoms with Crippen molar-refractivity contribution in [1.82, 2.24) is 19.4 Å². The highest BCUT2D eigenvalue weighted by molar-refractivity contribution is 5.94. The Morgan fingerprint density at radius 1 is 1.06 bits per heavy atom. The van der Waals surface area contributed by atoms with Crippen LogP contribution in [0.4, 0.5) is 5.69 Å². The second-order valence-corrected chi connectivity index (χ2v) is 8.41. The summed E-state index contributed by atoms with van der Waals surface area (Å²) < 4.78 is 7.78. The highest BCUT2D eigenvalue weighted by atomic mass is 16.5. The van der Waals surface area contributed by atoms with E-state index in [1.165, 1.54) is 0 Å². The predicted octanol–water partition coefficient (Wildman–Crippen LogP) is 3.05. The number of hydrogen-bond acceptors (Lipinski definition) is 5. The van der Waals surface area contributed by atoms with Crippen molar-refractivity contribution in [3.8, 4) is 5.75 Å². The molecular weight excluding hydrogens is 418 g/mol. The average molecular weight is 450 g/mol. The molecule has 3 aromatic rings. The molecule has 2 aromatic carbocycles. The molecular formula is C25H31N5O3. The van der Waals surface area contributed by atoms with Crippen LogP contribution in [-0.4, -0.2) is 64.0 Å². The topological polar surface area (TPSA) is 79.7 Å². The van der Waals surface area contributed by atoms with Crippen molar-refractivity contribution in [3.05, 3.63) is 53.9 Å². The zero-order valence-electron chi connectivity index (χ0n) is 19.5. The van der Waals surface area contributed by atoms with Crippen molar-refractivity contribution in [2.45, 2.75) is 33.9 Å². The minimum Gasteiger partial charge on any atom is -0.484 e. The zero-order valence-corrected chi connectivity index (χ0v) is 19.5. The lowest BCUT2D eigenvalue weighted by molar-refractivity contribution is -0.130. The van der Waals surface area contributed by atoms with E-state index in [9.17, 15) is 9.59 Å². The van der Waals surface area contributed by atoms with E-state index in [2.05, 4.69) is 21.7 Å². The monoisotopic (exact) mass is 449 g/mol. The molecule has 0 aliphatic carbocycles. The number of aryl methyl sites for hydroxylation is 2. The van der Waals surface area contributed by atoms with Crippen molar-refractivity contribution >= 4 is 28.5 Å². The van der Waals surface area contributed by atoms with Crippen molar-refractivity contribution in [2.75, 3.05) is 38.1 Å². The number of piperazine rings is 1. The van der Waals surface area contributed by atoms with Gasteiger partial charge < -0.3 is 19.5 Å². The summed E-state index contributed by atoms with van der Waals surface area (Å²) in [5, 5.41) is 2.90. The Bertz CT molecular complexity index is 1130. The smallest absolute Gasteiger partial charge is 0.262 e. The highest BCUT2D eigenvalue weighted by Gasteiger charge is 2.21. The van der Waals surface area contributed by atoms with Crippen molar-refractivity contribution in [2.24, 2.45) is 0 Å². The normalized spacial score (nSPS) is 14.5. The summed E-state index contributed by atoms with van der Waals surface area (Å²) in [6.45, 7) is 10.4. The minimum atomic E-state index is -0.214. The summed E-state index contributed by atoms with van der Waals surface area (Å²) in [6, 6.07) is 13.4. The molecule has 4 rings (SSSR count). The largest absolute Gasteiger partial charge is 0.484 e. The maximum absolute atomic E-state index is 12.4. The summed E-state index contributed by atoms with van der Waals surface area (Å²) in [6.07, 6.45) is 0. The third-order valence-corrected chi connectivity index (χ3v) is 6.00. The molecule has 0 bridgehead atoms. The molecule has 1 aromatic heterocycles. The van der Waals surface area contributed by atoms with Gasteiger partial charge in [-0.3, -0.25) is 14.5 Å². The van der Waals surface area contributed by atoms with E-state index >= 15 is 0 Å². The molecule has 1 aliphatic rings. The van der Waals surface area contributed by atoms with Crippen LogP contribution in [0.25, 0.3) is 11.0 Å². The van der Waals surface area contributed by atoms with Gasteiger partial charge in [-0.05, 0) is 44.2 Å². The fourth-order valence-corrected chi connectivity index (χ4v) is 4.13. The van der Waals surface area contributed by atoms with E-state index in [1.807, 2.05) is 54.3 Å². The van der Waals surface area contributed by atoms with E-state index in [0.717, 1.165) is 61.7 Å². The number of hydrogen-bond donors (Lipinski definition) is 1. The first-order valence-corrected chi connectivity index (χ1v) is 11.4. The van der Waals surface area contributed by atoms with Crippen LogP contribution in [0, 0.1) is 6.92 Å². The van der Waals surface area contributed by atoms with Crippen LogP contribution in [-0.2, 0) is 22.7 Å². The van der Waals surface area contributed by atoms with Crippen LogP contribution in [0.3, 0.4) is 0 Å². The minimum absolute atomic E-state index is 0.0536. The Kier molecular flexibility index (Phi) is 6.93. The fourth-order valence-electron chi connectivity index (χ4n) is 4.13. The van der Waals surface area contributed by atoms with Crippen LogP contribution in [0.1, 0.15) is 25.2 Å². The van der Waals surface area contributed by atoms with Gasteiger partial charge in [-0.15, -0.1) is 0 Å². The Morgan fingerprint density at radius 2 is 1.79 bits per heavy atom. The van der Waals surface area contributed by atoms with Gasteiger partial charge in [-0.2, -0.15) is 0 Å². The summed E-state index contributed by atoms with van der Waals surface area (Å²) in [5.74, 6) is 1.58. The fraction of sp³-hybridized carbons (Fsp3) is 0.400. The molecule has 1 saturated heterocycles. The number of anilines is 1. The van der Waals surface area contributed by atoms with E-state index < -0.39 is 0 Å². The molecule has 1 N–H and O–H groups in total. The first-order valence-electron chi connectivity index (χ1n) is 11.4. The molecule has 0 radical (unpaired) electrons. The molecule has 8 nitrogen and oxygen atoms in total. The number of fused-ring (bicyclic) bond motifs is 1. The van der Waals surface area contributed by atoms with Gasteiger partial charge in [0, 0.05) is 45.3 Å². The molecule has 0 spiro atoms. The molecule has 174 valence electrons. The number of carbonyl (C=O) groups is 2. The van der Waals surface area contributed by atoms with Crippen molar-refractivity contribution in [1.29, 1.82) is 0 Å². The van der Waals surface area contributed by atoms with Gasteiger partial charge >= 0.3 is 0 Å². The van der Waals surface area contributed by atoms with Crippen LogP contribution in [0.15, 0.2) is 42.5 Å².